The van der Waals surface area contributed by atoms with Crippen LogP contribution in [0.1, 0.15) is 21.5 Å². The summed E-state index contributed by atoms with van der Waals surface area (Å²) in [6.45, 7) is 1.40. The Balaban J connectivity index is 1.83. The number of anilines is 1. The van der Waals surface area contributed by atoms with Crippen LogP contribution in [0.3, 0.4) is 0 Å². The molecule has 3 rings (SSSR count). The Hall–Kier alpha value is -2.36. The highest BCUT2D eigenvalue weighted by molar-refractivity contribution is 5.94. The monoisotopic (exact) mass is 253 g/mol. The third kappa shape index (κ3) is 2.29. The first kappa shape index (κ1) is 11.7. The van der Waals surface area contributed by atoms with Crippen molar-refractivity contribution in [3.63, 3.8) is 0 Å². The number of rotatable bonds is 1. The predicted molar refractivity (Wildman–Crippen MR) is 73.5 cm³/mol. The molecule has 0 unspecified atom stereocenters. The Kier molecular flexibility index (Phi) is 2.91. The highest BCUT2D eigenvalue weighted by Gasteiger charge is 2.21. The summed E-state index contributed by atoms with van der Waals surface area (Å²) < 4.78 is 0. The second kappa shape index (κ2) is 4.72. The van der Waals surface area contributed by atoms with Crippen LogP contribution in [-0.2, 0) is 13.0 Å². The van der Waals surface area contributed by atoms with E-state index in [1.54, 1.807) is 18.5 Å². The van der Waals surface area contributed by atoms with Crippen LogP contribution in [0, 0.1) is 0 Å². The number of carbonyl (C=O) groups excluding carboxylic acids is 1. The van der Waals surface area contributed by atoms with Crippen LogP contribution in [0.4, 0.5) is 5.69 Å². The molecule has 1 aromatic carbocycles. The highest BCUT2D eigenvalue weighted by Crippen LogP contribution is 2.20. The highest BCUT2D eigenvalue weighted by atomic mass is 16.2. The number of hydrogen-bond donors (Lipinski definition) is 1. The van der Waals surface area contributed by atoms with Crippen molar-refractivity contribution in [3.05, 3.63) is 59.4 Å². The number of amides is 1. The van der Waals surface area contributed by atoms with Gasteiger partial charge in [-0.3, -0.25) is 9.78 Å². The van der Waals surface area contributed by atoms with Gasteiger partial charge in [0.25, 0.3) is 5.91 Å². The average molecular weight is 253 g/mol. The smallest absolute Gasteiger partial charge is 0.255 e. The van der Waals surface area contributed by atoms with Crippen molar-refractivity contribution < 1.29 is 4.79 Å². The maximum atomic E-state index is 12.4. The summed E-state index contributed by atoms with van der Waals surface area (Å²) in [5, 5.41) is 0. The van der Waals surface area contributed by atoms with Crippen LogP contribution in [0.15, 0.2) is 42.7 Å². The van der Waals surface area contributed by atoms with Gasteiger partial charge in [-0.05, 0) is 23.6 Å². The molecule has 4 nitrogen and oxygen atoms in total. The normalized spacial score (nSPS) is 14.0. The first-order valence-electron chi connectivity index (χ1n) is 6.30. The number of nitrogen functional groups attached to an aromatic ring is 1. The number of nitrogens with two attached hydrogens (primary N) is 1. The molecule has 0 saturated heterocycles. The molecule has 0 spiro atoms. The van der Waals surface area contributed by atoms with E-state index in [-0.39, 0.29) is 5.91 Å². The van der Waals surface area contributed by atoms with Crippen LogP contribution in [0.5, 0.6) is 0 Å². The van der Waals surface area contributed by atoms with E-state index in [2.05, 4.69) is 17.1 Å². The first-order valence-corrected chi connectivity index (χ1v) is 6.30. The Morgan fingerprint density at radius 3 is 2.79 bits per heavy atom. The molecule has 0 bridgehead atoms. The Labute approximate surface area is 111 Å². The van der Waals surface area contributed by atoms with Crippen LogP contribution in [0.25, 0.3) is 0 Å². The molecule has 19 heavy (non-hydrogen) atoms. The second-order valence-electron chi connectivity index (χ2n) is 4.75. The van der Waals surface area contributed by atoms with E-state index in [0.29, 0.717) is 17.8 Å². The van der Waals surface area contributed by atoms with Gasteiger partial charge in [0.05, 0.1) is 11.3 Å². The molecular weight excluding hydrogens is 238 g/mol. The third-order valence-electron chi connectivity index (χ3n) is 3.42. The summed E-state index contributed by atoms with van der Waals surface area (Å²) in [4.78, 5) is 18.2. The molecule has 96 valence electrons. The third-order valence-corrected chi connectivity index (χ3v) is 3.42. The zero-order valence-corrected chi connectivity index (χ0v) is 10.5. The van der Waals surface area contributed by atoms with Crippen molar-refractivity contribution >= 4 is 11.6 Å². The van der Waals surface area contributed by atoms with E-state index in [4.69, 9.17) is 5.73 Å². The van der Waals surface area contributed by atoms with E-state index in [0.717, 1.165) is 13.0 Å². The topological polar surface area (TPSA) is 59.2 Å². The van der Waals surface area contributed by atoms with Gasteiger partial charge < -0.3 is 10.6 Å². The zero-order valence-electron chi connectivity index (χ0n) is 10.5. The molecular formula is C15H15N3O. The van der Waals surface area contributed by atoms with Gasteiger partial charge in [-0.1, -0.05) is 24.3 Å². The fraction of sp³-hybridized carbons (Fsp3) is 0.200. The largest absolute Gasteiger partial charge is 0.397 e. The number of carbonyl (C=O) groups is 1. The quantitative estimate of drug-likeness (QED) is 0.844. The maximum absolute atomic E-state index is 12.4. The summed E-state index contributed by atoms with van der Waals surface area (Å²) in [5.74, 6) is -0.00527. The van der Waals surface area contributed by atoms with Gasteiger partial charge >= 0.3 is 0 Å². The maximum Gasteiger partial charge on any atom is 0.255 e. The number of hydrogen-bond acceptors (Lipinski definition) is 3. The molecule has 0 aliphatic carbocycles. The van der Waals surface area contributed by atoms with Crippen molar-refractivity contribution in [2.24, 2.45) is 0 Å². The van der Waals surface area contributed by atoms with Gasteiger partial charge in [0.1, 0.15) is 0 Å². The van der Waals surface area contributed by atoms with Crippen molar-refractivity contribution in [3.8, 4) is 0 Å². The van der Waals surface area contributed by atoms with Gasteiger partial charge in [-0.15, -0.1) is 0 Å². The van der Waals surface area contributed by atoms with Gasteiger partial charge in [0, 0.05) is 25.5 Å². The summed E-state index contributed by atoms with van der Waals surface area (Å²) in [5.41, 5.74) is 9.29. The van der Waals surface area contributed by atoms with Crippen molar-refractivity contribution in [2.75, 3.05) is 12.3 Å². The lowest BCUT2D eigenvalue weighted by atomic mass is 9.99. The lowest BCUT2D eigenvalue weighted by Crippen LogP contribution is -2.36. The fourth-order valence-corrected chi connectivity index (χ4v) is 2.43. The number of nitrogens with zero attached hydrogens (tertiary/aromatic N) is 2. The van der Waals surface area contributed by atoms with Crippen LogP contribution < -0.4 is 5.73 Å². The second-order valence-corrected chi connectivity index (χ2v) is 4.75. The molecule has 0 radical (unpaired) electrons. The van der Waals surface area contributed by atoms with Gasteiger partial charge in [0.2, 0.25) is 0 Å². The van der Waals surface area contributed by atoms with E-state index < -0.39 is 0 Å². The number of aromatic nitrogens is 1. The van der Waals surface area contributed by atoms with Gasteiger partial charge in [0.15, 0.2) is 0 Å². The minimum atomic E-state index is -0.00527. The molecule has 1 amide bonds. The molecule has 1 aliphatic heterocycles. The summed E-state index contributed by atoms with van der Waals surface area (Å²) in [6, 6.07) is 9.93. The Bertz CT molecular complexity index is 624. The van der Waals surface area contributed by atoms with Crippen LogP contribution in [0.2, 0.25) is 0 Å². The summed E-state index contributed by atoms with van der Waals surface area (Å²) in [6.07, 6.45) is 4.01. The van der Waals surface area contributed by atoms with Crippen molar-refractivity contribution in [1.29, 1.82) is 0 Å². The van der Waals surface area contributed by atoms with Crippen LogP contribution >= 0.6 is 0 Å². The number of benzene rings is 1. The molecule has 0 atom stereocenters. The molecule has 2 heterocycles. The molecule has 4 heteroatoms. The van der Waals surface area contributed by atoms with E-state index in [9.17, 15) is 4.79 Å². The standard InChI is InChI=1S/C15H15N3O/c16-14-7-13(8-17-9-14)15(19)18-6-5-11-3-1-2-4-12(11)10-18/h1-4,7-9H,5-6,10,16H2. The van der Waals surface area contributed by atoms with Gasteiger partial charge in [-0.2, -0.15) is 0 Å². The lowest BCUT2D eigenvalue weighted by Gasteiger charge is -2.28. The number of fused-ring (bicyclic) bond motifs is 1. The average Bonchev–Trinajstić information content (AvgIpc) is 2.46. The Morgan fingerprint density at radius 2 is 2.00 bits per heavy atom. The molecule has 1 aliphatic rings. The first-order chi connectivity index (χ1) is 9.24. The minimum Gasteiger partial charge on any atom is -0.397 e. The van der Waals surface area contributed by atoms with Crippen molar-refractivity contribution in [1.82, 2.24) is 9.88 Å². The minimum absolute atomic E-state index is 0.00527. The predicted octanol–water partition coefficient (Wildman–Crippen LogP) is 1.86. The lowest BCUT2D eigenvalue weighted by molar-refractivity contribution is 0.0734. The molecule has 2 N–H and O–H groups in total. The van der Waals surface area contributed by atoms with E-state index >= 15 is 0 Å². The SMILES string of the molecule is Nc1cncc(C(=O)N2CCc3ccccc3C2)c1. The van der Waals surface area contributed by atoms with Gasteiger partial charge in [-0.25, -0.2) is 0 Å². The molecule has 2 aromatic rings. The summed E-state index contributed by atoms with van der Waals surface area (Å²) >= 11 is 0. The number of pyridine rings is 1. The fourth-order valence-electron chi connectivity index (χ4n) is 2.43. The van der Waals surface area contributed by atoms with Crippen LogP contribution in [-0.4, -0.2) is 22.3 Å². The van der Waals surface area contributed by atoms with E-state index in [1.807, 2.05) is 17.0 Å². The zero-order chi connectivity index (χ0) is 13.2. The molecule has 0 saturated carbocycles. The summed E-state index contributed by atoms with van der Waals surface area (Å²) in [7, 11) is 0. The molecule has 0 fully saturated rings. The van der Waals surface area contributed by atoms with Crippen molar-refractivity contribution in [2.45, 2.75) is 13.0 Å². The van der Waals surface area contributed by atoms with E-state index in [1.165, 1.54) is 11.1 Å². The molecule has 1 aromatic heterocycles. The Morgan fingerprint density at radius 1 is 1.21 bits per heavy atom.